The number of fused-ring (bicyclic) bond motifs is 1. The van der Waals surface area contributed by atoms with Gasteiger partial charge in [0.25, 0.3) is 0 Å². The number of amides is 1. The predicted octanol–water partition coefficient (Wildman–Crippen LogP) is 0.389. The summed E-state index contributed by atoms with van der Waals surface area (Å²) in [4.78, 5) is 36.6. The molecule has 1 saturated heterocycles. The molecule has 0 aromatic rings. The van der Waals surface area contributed by atoms with Crippen LogP contribution in [-0.4, -0.2) is 53.1 Å². The van der Waals surface area contributed by atoms with Gasteiger partial charge in [-0.3, -0.25) is 14.5 Å². The highest BCUT2D eigenvalue weighted by Crippen LogP contribution is 2.39. The highest BCUT2D eigenvalue weighted by atomic mass is 32.2. The molecule has 2 aliphatic rings. The number of hydrogen-bond donors (Lipinski definition) is 1. The molecule has 2 heterocycles. The third-order valence-corrected chi connectivity index (χ3v) is 4.82. The third-order valence-electron chi connectivity index (χ3n) is 3.46. The fourth-order valence-electron chi connectivity index (χ4n) is 2.25. The second-order valence-electron chi connectivity index (χ2n) is 5.16. The van der Waals surface area contributed by atoms with Crippen LogP contribution in [0.2, 0.25) is 0 Å². The second kappa shape index (κ2) is 7.15. The third kappa shape index (κ3) is 3.27. The van der Waals surface area contributed by atoms with Crippen LogP contribution >= 0.6 is 11.8 Å². The maximum Gasteiger partial charge on any atom is 0.355 e. The Kier molecular flexibility index (Phi) is 5.47. The number of esters is 2. The molecular weight excluding hydrogens is 308 g/mol. The number of nitrogens with two attached hydrogens (primary N) is 1. The van der Waals surface area contributed by atoms with Crippen molar-refractivity contribution in [3.63, 3.8) is 0 Å². The zero-order chi connectivity index (χ0) is 16.3. The highest BCUT2D eigenvalue weighted by Gasteiger charge is 2.52. The number of β-lactam (4-membered cyclic amide) rings is 1. The molecule has 122 valence electrons. The molecule has 7 nitrogen and oxygen atoms in total. The van der Waals surface area contributed by atoms with Gasteiger partial charge in [0.15, 0.2) is 0 Å². The van der Waals surface area contributed by atoms with Gasteiger partial charge in [-0.25, -0.2) is 4.79 Å². The van der Waals surface area contributed by atoms with Crippen LogP contribution in [0.25, 0.3) is 0 Å². The summed E-state index contributed by atoms with van der Waals surface area (Å²) in [5, 5.41) is -0.248. The van der Waals surface area contributed by atoms with Crippen LogP contribution in [0.5, 0.6) is 0 Å². The first-order valence-corrected chi connectivity index (χ1v) is 8.25. The predicted molar refractivity (Wildman–Crippen MR) is 80.6 cm³/mol. The minimum atomic E-state index is -0.598. The molecule has 0 aromatic carbocycles. The van der Waals surface area contributed by atoms with Gasteiger partial charge < -0.3 is 15.2 Å². The lowest BCUT2D eigenvalue weighted by Crippen LogP contribution is -2.68. The highest BCUT2D eigenvalue weighted by molar-refractivity contribution is 8.00. The van der Waals surface area contributed by atoms with Crippen molar-refractivity contribution in [2.75, 3.05) is 19.0 Å². The minimum absolute atomic E-state index is 0.0215. The molecule has 0 radical (unpaired) electrons. The number of nitrogens with zero attached hydrogens (tertiary/aromatic N) is 1. The van der Waals surface area contributed by atoms with Gasteiger partial charge >= 0.3 is 11.9 Å². The number of carbonyl (C=O) groups excluding carboxylic acids is 3. The SMILES string of the molecule is CCCCOC(=O)C1=C(COC(C)=O)CS[C@H]2[C@H](N)C(=O)N12. The first kappa shape index (κ1) is 16.8. The summed E-state index contributed by atoms with van der Waals surface area (Å²) in [6.45, 7) is 3.56. The number of carbonyl (C=O) groups is 3. The zero-order valence-electron chi connectivity index (χ0n) is 12.7. The van der Waals surface area contributed by atoms with Crippen LogP contribution in [0.3, 0.4) is 0 Å². The van der Waals surface area contributed by atoms with E-state index < -0.39 is 18.0 Å². The lowest BCUT2D eigenvalue weighted by Gasteiger charge is -2.48. The van der Waals surface area contributed by atoms with Crippen molar-refractivity contribution in [3.8, 4) is 0 Å². The summed E-state index contributed by atoms with van der Waals surface area (Å²) in [6.07, 6.45) is 1.66. The molecule has 0 bridgehead atoms. The molecule has 0 spiro atoms. The maximum absolute atomic E-state index is 12.3. The van der Waals surface area contributed by atoms with Crippen LogP contribution in [0.1, 0.15) is 26.7 Å². The Bertz CT molecular complexity index is 519. The summed E-state index contributed by atoms with van der Waals surface area (Å²) in [5.41, 5.74) is 6.53. The monoisotopic (exact) mass is 328 g/mol. The molecule has 1 fully saturated rings. The summed E-state index contributed by atoms with van der Waals surface area (Å²) in [6, 6.07) is -0.598. The number of rotatable bonds is 6. The summed E-state index contributed by atoms with van der Waals surface area (Å²) in [5.74, 6) is -0.820. The van der Waals surface area contributed by atoms with Crippen molar-refractivity contribution in [2.45, 2.75) is 38.1 Å². The Labute approximate surface area is 133 Å². The van der Waals surface area contributed by atoms with Gasteiger partial charge in [0, 0.05) is 18.2 Å². The fraction of sp³-hybridized carbons (Fsp3) is 0.643. The van der Waals surface area contributed by atoms with Gasteiger partial charge in [0.1, 0.15) is 23.7 Å². The van der Waals surface area contributed by atoms with Crippen molar-refractivity contribution < 1.29 is 23.9 Å². The van der Waals surface area contributed by atoms with Gasteiger partial charge in [0.05, 0.1) is 6.61 Å². The number of hydrogen-bond acceptors (Lipinski definition) is 7. The van der Waals surface area contributed by atoms with Crippen molar-refractivity contribution in [1.82, 2.24) is 4.90 Å². The average Bonchev–Trinajstić information content (AvgIpc) is 2.51. The molecule has 2 aliphatic heterocycles. The Morgan fingerprint density at radius 1 is 1.41 bits per heavy atom. The van der Waals surface area contributed by atoms with E-state index in [1.807, 2.05) is 6.92 Å². The molecule has 0 aliphatic carbocycles. The lowest BCUT2D eigenvalue weighted by atomic mass is 10.0. The van der Waals surface area contributed by atoms with Gasteiger partial charge in [0.2, 0.25) is 5.91 Å². The Hall–Kier alpha value is -1.54. The van der Waals surface area contributed by atoms with Crippen LogP contribution in [0.15, 0.2) is 11.3 Å². The maximum atomic E-state index is 12.3. The van der Waals surface area contributed by atoms with Gasteiger partial charge in [-0.1, -0.05) is 13.3 Å². The molecule has 0 unspecified atom stereocenters. The molecule has 2 N–H and O–H groups in total. The van der Waals surface area contributed by atoms with E-state index >= 15 is 0 Å². The quantitative estimate of drug-likeness (QED) is 0.428. The zero-order valence-corrected chi connectivity index (χ0v) is 13.5. The number of thioether (sulfide) groups is 1. The smallest absolute Gasteiger partial charge is 0.355 e. The summed E-state index contributed by atoms with van der Waals surface area (Å²) < 4.78 is 10.2. The van der Waals surface area contributed by atoms with E-state index in [2.05, 4.69) is 0 Å². The number of unbranched alkanes of at least 4 members (excludes halogenated alkanes) is 1. The standard InChI is InChI=1S/C14H20N2O5S/c1-3-4-5-20-14(19)11-9(6-21-8(2)17)7-22-13-10(15)12(18)16(11)13/h10,13H,3-7,15H2,1-2H3/t10-,13+/m1/s1. The van der Waals surface area contributed by atoms with E-state index in [1.54, 1.807) is 0 Å². The van der Waals surface area contributed by atoms with Crippen molar-refractivity contribution >= 4 is 29.6 Å². The molecule has 22 heavy (non-hydrogen) atoms. The van der Waals surface area contributed by atoms with Crippen LogP contribution < -0.4 is 5.73 Å². The Balaban J connectivity index is 2.18. The average molecular weight is 328 g/mol. The van der Waals surface area contributed by atoms with Crippen LogP contribution in [0, 0.1) is 0 Å². The van der Waals surface area contributed by atoms with Gasteiger partial charge in [-0.05, 0) is 6.42 Å². The van der Waals surface area contributed by atoms with E-state index in [1.165, 1.54) is 23.6 Å². The van der Waals surface area contributed by atoms with E-state index in [0.717, 1.165) is 12.8 Å². The molecule has 0 saturated carbocycles. The van der Waals surface area contributed by atoms with E-state index in [4.69, 9.17) is 15.2 Å². The Morgan fingerprint density at radius 2 is 2.14 bits per heavy atom. The summed E-state index contributed by atoms with van der Waals surface area (Å²) in [7, 11) is 0. The van der Waals surface area contributed by atoms with Gasteiger partial charge in [-0.15, -0.1) is 11.8 Å². The first-order valence-electron chi connectivity index (χ1n) is 7.20. The van der Waals surface area contributed by atoms with Gasteiger partial charge in [-0.2, -0.15) is 0 Å². The normalized spacial score (nSPS) is 23.8. The lowest BCUT2D eigenvalue weighted by molar-refractivity contribution is -0.151. The second-order valence-corrected chi connectivity index (χ2v) is 6.26. The summed E-state index contributed by atoms with van der Waals surface area (Å²) >= 11 is 1.46. The van der Waals surface area contributed by atoms with E-state index in [0.29, 0.717) is 17.9 Å². The molecule has 2 atom stereocenters. The number of ether oxygens (including phenoxy) is 2. The van der Waals surface area contributed by atoms with E-state index in [-0.39, 0.29) is 23.6 Å². The van der Waals surface area contributed by atoms with E-state index in [9.17, 15) is 14.4 Å². The van der Waals surface area contributed by atoms with Crippen molar-refractivity contribution in [3.05, 3.63) is 11.3 Å². The molecular formula is C14H20N2O5S. The minimum Gasteiger partial charge on any atom is -0.461 e. The molecule has 0 aromatic heterocycles. The van der Waals surface area contributed by atoms with Crippen LogP contribution in [-0.2, 0) is 23.9 Å². The van der Waals surface area contributed by atoms with Crippen molar-refractivity contribution in [2.24, 2.45) is 5.73 Å². The topological polar surface area (TPSA) is 98.9 Å². The van der Waals surface area contributed by atoms with Crippen LogP contribution in [0.4, 0.5) is 0 Å². The van der Waals surface area contributed by atoms with Crippen molar-refractivity contribution in [1.29, 1.82) is 0 Å². The molecule has 8 heteroatoms. The largest absolute Gasteiger partial charge is 0.461 e. The fourth-order valence-corrected chi connectivity index (χ4v) is 3.52. The molecule has 2 rings (SSSR count). The Morgan fingerprint density at radius 3 is 2.77 bits per heavy atom. The molecule has 1 amide bonds. The first-order chi connectivity index (χ1) is 10.5.